The molecule has 0 aliphatic heterocycles. The molecule has 0 aliphatic carbocycles. The number of rotatable bonds is 7. The fraction of sp³-hybridized carbons (Fsp3) is 0.381. The Morgan fingerprint density at radius 1 is 1.07 bits per heavy atom. The lowest BCUT2D eigenvalue weighted by Crippen LogP contribution is -2.43. The number of carbonyl (C=O) groups excluding carboxylic acids is 1. The zero-order valence-corrected chi connectivity index (χ0v) is 17.8. The average Bonchev–Trinajstić information content (AvgIpc) is 2.59. The molecule has 6 nitrogen and oxygen atoms in total. The Morgan fingerprint density at radius 3 is 2.29 bits per heavy atom. The van der Waals surface area contributed by atoms with Gasteiger partial charge in [-0.25, -0.2) is 8.42 Å². The van der Waals surface area contributed by atoms with Crippen molar-refractivity contribution in [2.75, 3.05) is 18.5 Å². The summed E-state index contributed by atoms with van der Waals surface area (Å²) in [5, 5.41) is 5.79. The van der Waals surface area contributed by atoms with E-state index in [1.807, 2.05) is 34.6 Å². The molecule has 0 saturated heterocycles. The molecule has 152 valence electrons. The number of hydrogen-bond donors (Lipinski definition) is 2. The van der Waals surface area contributed by atoms with E-state index in [1.54, 1.807) is 36.4 Å². The number of hydrogen-bond acceptors (Lipinski definition) is 5. The van der Waals surface area contributed by atoms with Crippen LogP contribution >= 0.6 is 0 Å². The van der Waals surface area contributed by atoms with Gasteiger partial charge in [0.15, 0.2) is 0 Å². The van der Waals surface area contributed by atoms with Crippen molar-refractivity contribution in [1.82, 2.24) is 5.32 Å². The fourth-order valence-electron chi connectivity index (χ4n) is 2.61. The molecule has 2 aromatic rings. The molecule has 0 bridgehead atoms. The lowest BCUT2D eigenvalue weighted by atomic mass is 10.1. The zero-order valence-electron chi connectivity index (χ0n) is 17.0. The average molecular weight is 405 g/mol. The van der Waals surface area contributed by atoms with Gasteiger partial charge in [0.1, 0.15) is 5.75 Å². The summed E-state index contributed by atoms with van der Waals surface area (Å²) in [7, 11) is -3.78. The molecule has 0 atom stereocenters. The number of anilines is 1. The summed E-state index contributed by atoms with van der Waals surface area (Å²) in [6.07, 6.45) is 0. The van der Waals surface area contributed by atoms with Gasteiger partial charge in [-0.3, -0.25) is 4.79 Å². The van der Waals surface area contributed by atoms with Crippen LogP contribution in [-0.4, -0.2) is 33.0 Å². The molecule has 0 fully saturated rings. The first kappa shape index (κ1) is 21.8. The molecule has 7 heteroatoms. The Bertz CT molecular complexity index is 930. The molecule has 2 rings (SSSR count). The highest BCUT2D eigenvalue weighted by Gasteiger charge is 2.23. The van der Waals surface area contributed by atoms with E-state index in [-0.39, 0.29) is 27.8 Å². The Balaban J connectivity index is 2.38. The molecule has 0 saturated carbocycles. The van der Waals surface area contributed by atoms with E-state index in [2.05, 4.69) is 10.6 Å². The van der Waals surface area contributed by atoms with Crippen molar-refractivity contribution in [3.63, 3.8) is 0 Å². The third-order valence-electron chi connectivity index (χ3n) is 3.84. The van der Waals surface area contributed by atoms with Crippen LogP contribution in [0.1, 0.15) is 33.3 Å². The Morgan fingerprint density at radius 2 is 1.71 bits per heavy atom. The number of ether oxygens (including phenoxy) is 1. The smallest absolute Gasteiger partial charge is 0.239 e. The van der Waals surface area contributed by atoms with E-state index in [0.29, 0.717) is 18.0 Å². The number of amides is 1. The minimum absolute atomic E-state index is 0.0400. The lowest BCUT2D eigenvalue weighted by molar-refractivity contribution is -0.120. The summed E-state index contributed by atoms with van der Waals surface area (Å²) >= 11 is 0. The molecule has 0 unspecified atom stereocenters. The van der Waals surface area contributed by atoms with Gasteiger partial charge in [0.05, 0.1) is 28.6 Å². The second kappa shape index (κ2) is 8.65. The summed E-state index contributed by atoms with van der Waals surface area (Å²) in [6.45, 7) is 9.76. The van der Waals surface area contributed by atoms with Crippen LogP contribution in [-0.2, 0) is 14.6 Å². The van der Waals surface area contributed by atoms with Crippen LogP contribution in [0.25, 0.3) is 0 Å². The van der Waals surface area contributed by atoms with E-state index in [0.717, 1.165) is 5.56 Å². The highest BCUT2D eigenvalue weighted by atomic mass is 32.2. The standard InChI is InChI=1S/C21H28N2O4S/c1-6-27-16-9-12-18(22-14-20(24)23-21(3,4)5)19(13-16)28(25,26)17-10-7-15(2)8-11-17/h7-13,22H,6,14H2,1-5H3,(H,23,24). The third kappa shape index (κ3) is 5.73. The maximum Gasteiger partial charge on any atom is 0.239 e. The van der Waals surface area contributed by atoms with Gasteiger partial charge in [0, 0.05) is 11.6 Å². The molecule has 0 aromatic heterocycles. The largest absolute Gasteiger partial charge is 0.494 e. The van der Waals surface area contributed by atoms with Crippen molar-refractivity contribution in [2.24, 2.45) is 0 Å². The van der Waals surface area contributed by atoms with Crippen molar-refractivity contribution >= 4 is 21.4 Å². The number of sulfone groups is 1. The second-order valence-electron chi connectivity index (χ2n) is 7.56. The van der Waals surface area contributed by atoms with Gasteiger partial charge >= 0.3 is 0 Å². The normalized spacial score (nSPS) is 11.8. The highest BCUT2D eigenvalue weighted by Crippen LogP contribution is 2.31. The molecular weight excluding hydrogens is 376 g/mol. The third-order valence-corrected chi connectivity index (χ3v) is 5.65. The van der Waals surface area contributed by atoms with Crippen LogP contribution in [0.4, 0.5) is 5.69 Å². The fourth-order valence-corrected chi connectivity index (χ4v) is 4.06. The maximum atomic E-state index is 13.2. The van der Waals surface area contributed by atoms with E-state index in [4.69, 9.17) is 4.74 Å². The van der Waals surface area contributed by atoms with Gasteiger partial charge < -0.3 is 15.4 Å². The molecule has 28 heavy (non-hydrogen) atoms. The van der Waals surface area contributed by atoms with Gasteiger partial charge in [-0.05, 0) is 58.9 Å². The van der Waals surface area contributed by atoms with E-state index in [1.165, 1.54) is 6.07 Å². The number of benzene rings is 2. The quantitative estimate of drug-likeness (QED) is 0.737. The molecule has 1 amide bonds. The predicted molar refractivity (Wildman–Crippen MR) is 111 cm³/mol. The van der Waals surface area contributed by atoms with Crippen molar-refractivity contribution < 1.29 is 17.9 Å². The summed E-state index contributed by atoms with van der Waals surface area (Å²) in [6, 6.07) is 11.5. The van der Waals surface area contributed by atoms with Crippen LogP contribution in [0.2, 0.25) is 0 Å². The molecule has 0 spiro atoms. The maximum absolute atomic E-state index is 13.2. The topological polar surface area (TPSA) is 84.5 Å². The number of aryl methyl sites for hydroxylation is 1. The molecule has 0 heterocycles. The van der Waals surface area contributed by atoms with Gasteiger partial charge in [-0.1, -0.05) is 17.7 Å². The molecule has 0 radical (unpaired) electrons. The van der Waals surface area contributed by atoms with Crippen LogP contribution < -0.4 is 15.4 Å². The minimum Gasteiger partial charge on any atom is -0.494 e. The SMILES string of the molecule is CCOc1ccc(NCC(=O)NC(C)(C)C)c(S(=O)(=O)c2ccc(C)cc2)c1. The monoisotopic (exact) mass is 404 g/mol. The van der Waals surface area contributed by atoms with Crippen molar-refractivity contribution in [3.05, 3.63) is 48.0 Å². The zero-order chi connectivity index (χ0) is 20.9. The van der Waals surface area contributed by atoms with Crippen LogP contribution in [0.15, 0.2) is 52.3 Å². The first-order chi connectivity index (χ1) is 13.0. The van der Waals surface area contributed by atoms with Crippen LogP contribution in [0.5, 0.6) is 5.75 Å². The van der Waals surface area contributed by atoms with E-state index >= 15 is 0 Å². The van der Waals surface area contributed by atoms with E-state index < -0.39 is 9.84 Å². The van der Waals surface area contributed by atoms with Crippen molar-refractivity contribution in [3.8, 4) is 5.75 Å². The first-order valence-corrected chi connectivity index (χ1v) is 10.6. The Kier molecular flexibility index (Phi) is 6.72. The van der Waals surface area contributed by atoms with Gasteiger partial charge in [0.2, 0.25) is 15.7 Å². The van der Waals surface area contributed by atoms with Crippen LogP contribution in [0.3, 0.4) is 0 Å². The lowest BCUT2D eigenvalue weighted by Gasteiger charge is -2.21. The van der Waals surface area contributed by atoms with Crippen LogP contribution in [0, 0.1) is 6.92 Å². The summed E-state index contributed by atoms with van der Waals surface area (Å²) in [5.74, 6) is 0.234. The summed E-state index contributed by atoms with van der Waals surface area (Å²) < 4.78 is 31.9. The molecule has 0 aliphatic rings. The van der Waals surface area contributed by atoms with Gasteiger partial charge in [-0.15, -0.1) is 0 Å². The minimum atomic E-state index is -3.78. The second-order valence-corrected chi connectivity index (χ2v) is 9.48. The molecular formula is C21H28N2O4S. The highest BCUT2D eigenvalue weighted by molar-refractivity contribution is 7.91. The molecule has 2 N–H and O–H groups in total. The first-order valence-electron chi connectivity index (χ1n) is 9.16. The van der Waals surface area contributed by atoms with Gasteiger partial charge in [0.25, 0.3) is 0 Å². The number of carbonyl (C=O) groups is 1. The summed E-state index contributed by atoms with van der Waals surface area (Å²) in [4.78, 5) is 12.4. The summed E-state index contributed by atoms with van der Waals surface area (Å²) in [5.41, 5.74) is 0.960. The van der Waals surface area contributed by atoms with E-state index in [9.17, 15) is 13.2 Å². The van der Waals surface area contributed by atoms with Gasteiger partial charge in [-0.2, -0.15) is 0 Å². The number of nitrogens with one attached hydrogen (secondary N) is 2. The van der Waals surface area contributed by atoms with Crippen molar-refractivity contribution in [2.45, 2.75) is 49.9 Å². The Labute approximate surface area is 167 Å². The molecule has 2 aromatic carbocycles. The Hall–Kier alpha value is -2.54. The van der Waals surface area contributed by atoms with Crippen molar-refractivity contribution in [1.29, 1.82) is 0 Å². The predicted octanol–water partition coefficient (Wildman–Crippen LogP) is 3.55.